The minimum Gasteiger partial charge on any atom is -0.444 e. The second-order valence-corrected chi connectivity index (χ2v) is 7.52. The molecule has 1 aliphatic carbocycles. The molecule has 2 aromatic rings. The van der Waals surface area contributed by atoms with Crippen LogP contribution in [0.15, 0.2) is 41.1 Å². The molecule has 22 heavy (non-hydrogen) atoms. The summed E-state index contributed by atoms with van der Waals surface area (Å²) in [7, 11) is -3.54. The quantitative estimate of drug-likeness (QED) is 0.939. The molecular formula is C15H17N3O3S. The van der Waals surface area contributed by atoms with Crippen molar-refractivity contribution in [2.75, 3.05) is 11.3 Å². The average Bonchev–Trinajstić information content (AvgIpc) is 3.25. The third-order valence-corrected chi connectivity index (χ3v) is 6.04. The molecule has 1 N–H and O–H groups in total. The second-order valence-electron chi connectivity index (χ2n) is 5.89. The highest BCUT2D eigenvalue weighted by atomic mass is 32.2. The Morgan fingerprint density at radius 1 is 1.27 bits per heavy atom. The third kappa shape index (κ3) is 2.30. The molecule has 116 valence electrons. The lowest BCUT2D eigenvalue weighted by atomic mass is 10.1. The van der Waals surface area contributed by atoms with Crippen molar-refractivity contribution >= 4 is 15.9 Å². The van der Waals surface area contributed by atoms with Crippen molar-refractivity contribution in [1.82, 2.24) is 9.29 Å². The number of piperidine rings is 1. The molecule has 1 aromatic heterocycles. The van der Waals surface area contributed by atoms with E-state index in [1.807, 2.05) is 6.07 Å². The van der Waals surface area contributed by atoms with Gasteiger partial charge in [0.15, 0.2) is 0 Å². The maximum atomic E-state index is 12.7. The van der Waals surface area contributed by atoms with E-state index in [0.29, 0.717) is 29.6 Å². The summed E-state index contributed by atoms with van der Waals surface area (Å²) < 4.78 is 35.0. The summed E-state index contributed by atoms with van der Waals surface area (Å²) in [5.41, 5.74) is 1.13. The van der Waals surface area contributed by atoms with E-state index in [9.17, 15) is 8.42 Å². The van der Waals surface area contributed by atoms with E-state index in [-0.39, 0.29) is 6.04 Å². The van der Waals surface area contributed by atoms with Gasteiger partial charge in [0.05, 0.1) is 17.4 Å². The number of oxazole rings is 1. The minimum atomic E-state index is -3.54. The Hall–Kier alpha value is -1.86. The molecule has 2 heterocycles. The summed E-state index contributed by atoms with van der Waals surface area (Å²) in [6.45, 7) is 0.626. The van der Waals surface area contributed by atoms with Crippen molar-refractivity contribution in [2.24, 2.45) is 5.92 Å². The normalized spacial score (nSPS) is 24.7. The number of nitrogens with zero attached hydrogens (tertiary/aromatic N) is 2. The summed E-state index contributed by atoms with van der Waals surface area (Å²) in [6.07, 6.45) is 6.11. The molecule has 2 atom stereocenters. The number of hydrogen-bond acceptors (Lipinski definition) is 4. The van der Waals surface area contributed by atoms with Crippen LogP contribution in [-0.2, 0) is 10.2 Å². The van der Waals surface area contributed by atoms with E-state index < -0.39 is 10.2 Å². The Morgan fingerprint density at radius 2 is 2.14 bits per heavy atom. The minimum absolute atomic E-state index is 0.149. The van der Waals surface area contributed by atoms with Gasteiger partial charge < -0.3 is 4.42 Å². The summed E-state index contributed by atoms with van der Waals surface area (Å²) in [6, 6.07) is 7.29. The lowest BCUT2D eigenvalue weighted by Gasteiger charge is -2.26. The smallest absolute Gasteiger partial charge is 0.301 e. The van der Waals surface area contributed by atoms with Crippen molar-refractivity contribution < 1.29 is 12.8 Å². The van der Waals surface area contributed by atoms with E-state index in [1.165, 1.54) is 6.26 Å². The van der Waals surface area contributed by atoms with Crippen LogP contribution in [0.2, 0.25) is 0 Å². The monoisotopic (exact) mass is 319 g/mol. The van der Waals surface area contributed by atoms with Crippen molar-refractivity contribution in [2.45, 2.75) is 25.3 Å². The first kappa shape index (κ1) is 13.8. The molecule has 0 amide bonds. The summed E-state index contributed by atoms with van der Waals surface area (Å²) in [4.78, 5) is 4.10. The summed E-state index contributed by atoms with van der Waals surface area (Å²) in [5.74, 6) is 0.921. The molecule has 0 radical (unpaired) electrons. The van der Waals surface area contributed by atoms with E-state index >= 15 is 0 Å². The summed E-state index contributed by atoms with van der Waals surface area (Å²) >= 11 is 0. The first-order chi connectivity index (χ1) is 10.6. The SMILES string of the molecule is O=S(=O)(Nc1ccccc1-c1ncco1)N1C[C@H]2CC[C@H]1C2. The first-order valence-corrected chi connectivity index (χ1v) is 8.86. The highest BCUT2D eigenvalue weighted by molar-refractivity contribution is 7.90. The Kier molecular flexibility index (Phi) is 3.19. The van der Waals surface area contributed by atoms with Crippen LogP contribution >= 0.6 is 0 Å². The van der Waals surface area contributed by atoms with Crippen LogP contribution < -0.4 is 4.72 Å². The molecule has 1 saturated heterocycles. The van der Waals surface area contributed by atoms with Gasteiger partial charge in [-0.15, -0.1) is 0 Å². The predicted octanol–water partition coefficient (Wildman–Crippen LogP) is 2.48. The number of fused-ring (bicyclic) bond motifs is 2. The van der Waals surface area contributed by atoms with E-state index in [0.717, 1.165) is 19.3 Å². The zero-order valence-electron chi connectivity index (χ0n) is 12.0. The number of para-hydroxylation sites is 1. The molecule has 2 fully saturated rings. The maximum Gasteiger partial charge on any atom is 0.301 e. The number of aromatic nitrogens is 1. The molecule has 7 heteroatoms. The fraction of sp³-hybridized carbons (Fsp3) is 0.400. The van der Waals surface area contributed by atoms with E-state index in [2.05, 4.69) is 9.71 Å². The molecule has 2 bridgehead atoms. The standard InChI is InChI=1S/C15H17N3O3S/c19-22(20,18-10-11-5-6-12(18)9-11)17-14-4-2-1-3-13(14)15-16-7-8-21-15/h1-4,7-8,11-12,17H,5-6,9-10H2/t11-,12-/m0/s1. The van der Waals surface area contributed by atoms with Gasteiger partial charge in [-0.1, -0.05) is 12.1 Å². The van der Waals surface area contributed by atoms with Gasteiger partial charge >= 0.3 is 10.2 Å². The Bertz CT molecular complexity index is 773. The van der Waals surface area contributed by atoms with Gasteiger partial charge in [-0.25, -0.2) is 4.98 Å². The number of rotatable bonds is 4. The number of anilines is 1. The maximum absolute atomic E-state index is 12.7. The van der Waals surface area contributed by atoms with Gasteiger partial charge in [0, 0.05) is 12.6 Å². The van der Waals surface area contributed by atoms with Crippen LogP contribution in [0, 0.1) is 5.92 Å². The number of nitrogens with one attached hydrogen (secondary N) is 1. The van der Waals surface area contributed by atoms with Crippen LogP contribution in [0.25, 0.3) is 11.5 Å². The molecular weight excluding hydrogens is 302 g/mol. The lowest BCUT2D eigenvalue weighted by molar-refractivity contribution is 0.335. The van der Waals surface area contributed by atoms with Gasteiger partial charge in [0.25, 0.3) is 0 Å². The molecule has 0 spiro atoms. The van der Waals surface area contributed by atoms with Crippen molar-refractivity contribution in [3.05, 3.63) is 36.7 Å². The molecule has 1 saturated carbocycles. The van der Waals surface area contributed by atoms with Crippen molar-refractivity contribution in [1.29, 1.82) is 0 Å². The van der Waals surface area contributed by atoms with Crippen molar-refractivity contribution in [3.8, 4) is 11.5 Å². The molecule has 6 nitrogen and oxygen atoms in total. The van der Waals surface area contributed by atoms with Gasteiger partial charge in [-0.05, 0) is 37.3 Å². The van der Waals surface area contributed by atoms with E-state index in [1.54, 1.807) is 28.7 Å². The third-order valence-electron chi connectivity index (χ3n) is 4.50. The highest BCUT2D eigenvalue weighted by Gasteiger charge is 2.43. The van der Waals surface area contributed by atoms with Crippen LogP contribution in [0.1, 0.15) is 19.3 Å². The average molecular weight is 319 g/mol. The zero-order chi connectivity index (χ0) is 15.2. The largest absolute Gasteiger partial charge is 0.444 e. The highest BCUT2D eigenvalue weighted by Crippen LogP contribution is 2.39. The van der Waals surface area contributed by atoms with Crippen molar-refractivity contribution in [3.63, 3.8) is 0 Å². The van der Waals surface area contributed by atoms with Crippen LogP contribution in [-0.4, -0.2) is 30.3 Å². The lowest BCUT2D eigenvalue weighted by Crippen LogP contribution is -2.41. The van der Waals surface area contributed by atoms with Gasteiger partial charge in [0.1, 0.15) is 6.26 Å². The van der Waals surface area contributed by atoms with Gasteiger partial charge in [-0.3, -0.25) is 4.72 Å². The van der Waals surface area contributed by atoms with Crippen LogP contribution in [0.3, 0.4) is 0 Å². The van der Waals surface area contributed by atoms with Crippen LogP contribution in [0.5, 0.6) is 0 Å². The number of benzene rings is 1. The molecule has 0 unspecified atom stereocenters. The fourth-order valence-corrected chi connectivity index (χ4v) is 5.05. The summed E-state index contributed by atoms with van der Waals surface area (Å²) in [5, 5.41) is 0. The first-order valence-electron chi connectivity index (χ1n) is 7.42. The molecule has 1 aromatic carbocycles. The topological polar surface area (TPSA) is 75.4 Å². The molecule has 2 aliphatic rings. The molecule has 1 aliphatic heterocycles. The van der Waals surface area contributed by atoms with Gasteiger partial charge in [-0.2, -0.15) is 12.7 Å². The van der Waals surface area contributed by atoms with Gasteiger partial charge in [0.2, 0.25) is 5.89 Å². The zero-order valence-corrected chi connectivity index (χ0v) is 12.8. The number of hydrogen-bond donors (Lipinski definition) is 1. The Labute approximate surface area is 129 Å². The Balaban J connectivity index is 1.64. The molecule has 4 rings (SSSR count). The fourth-order valence-electron chi connectivity index (χ4n) is 3.49. The van der Waals surface area contributed by atoms with E-state index in [4.69, 9.17) is 4.42 Å². The predicted molar refractivity (Wildman–Crippen MR) is 82.3 cm³/mol. The Morgan fingerprint density at radius 3 is 2.82 bits per heavy atom. The van der Waals surface area contributed by atoms with Crippen LogP contribution in [0.4, 0.5) is 5.69 Å². The second kappa shape index (κ2) is 5.10.